The fourth-order valence-corrected chi connectivity index (χ4v) is 4.16. The number of rotatable bonds is 1. The van der Waals surface area contributed by atoms with Crippen LogP contribution in [-0.2, 0) is 0 Å². The van der Waals surface area contributed by atoms with Gasteiger partial charge in [-0.2, -0.15) is 0 Å². The van der Waals surface area contributed by atoms with Gasteiger partial charge in [0.15, 0.2) is 5.96 Å². The predicted molar refractivity (Wildman–Crippen MR) is 80.3 cm³/mol. The molecule has 1 fully saturated rings. The molecule has 2 unspecified atom stereocenters. The van der Waals surface area contributed by atoms with E-state index in [0.29, 0.717) is 17.3 Å². The highest BCUT2D eigenvalue weighted by atomic mass is 15.4. The molecule has 19 heavy (non-hydrogen) atoms. The fourth-order valence-electron chi connectivity index (χ4n) is 4.16. The quantitative estimate of drug-likeness (QED) is 0.840. The van der Waals surface area contributed by atoms with E-state index in [9.17, 15) is 0 Å². The van der Waals surface area contributed by atoms with Crippen LogP contribution in [0, 0.1) is 11.3 Å². The van der Waals surface area contributed by atoms with E-state index in [-0.39, 0.29) is 5.54 Å². The molecular weight excluding hydrogens is 234 g/mol. The van der Waals surface area contributed by atoms with Crippen molar-refractivity contribution in [3.8, 4) is 0 Å². The Labute approximate surface area is 115 Å². The maximum atomic E-state index is 6.19. The summed E-state index contributed by atoms with van der Waals surface area (Å²) < 4.78 is 0. The lowest BCUT2D eigenvalue weighted by Crippen LogP contribution is -2.54. The highest BCUT2D eigenvalue weighted by Gasteiger charge is 2.55. The zero-order chi connectivity index (χ0) is 13.7. The summed E-state index contributed by atoms with van der Waals surface area (Å²) in [5.74, 6) is 1.28. The molecule has 2 N–H and O–H groups in total. The molecule has 3 nitrogen and oxygen atoms in total. The minimum absolute atomic E-state index is 0.0783. The molecule has 1 spiro atoms. The summed E-state index contributed by atoms with van der Waals surface area (Å²) >= 11 is 0. The van der Waals surface area contributed by atoms with Crippen molar-refractivity contribution in [2.45, 2.75) is 39.2 Å². The molecule has 1 heterocycles. The number of nitrogens with zero attached hydrogens (tertiary/aromatic N) is 2. The molecule has 0 saturated heterocycles. The van der Waals surface area contributed by atoms with E-state index < -0.39 is 0 Å². The van der Waals surface area contributed by atoms with Crippen LogP contribution in [0.3, 0.4) is 0 Å². The van der Waals surface area contributed by atoms with Crippen molar-refractivity contribution in [1.82, 2.24) is 0 Å². The van der Waals surface area contributed by atoms with Gasteiger partial charge in [0.1, 0.15) is 0 Å². The minimum atomic E-state index is 0.0783. The molecule has 2 atom stereocenters. The molecular formula is C16H23N3. The monoisotopic (exact) mass is 257 g/mol. The first-order valence-corrected chi connectivity index (χ1v) is 7.10. The molecule has 0 bridgehead atoms. The van der Waals surface area contributed by atoms with Gasteiger partial charge >= 0.3 is 0 Å². The molecule has 102 valence electrons. The van der Waals surface area contributed by atoms with Gasteiger partial charge in [0.25, 0.3) is 0 Å². The minimum Gasteiger partial charge on any atom is -0.369 e. The Hall–Kier alpha value is -1.51. The van der Waals surface area contributed by atoms with Crippen molar-refractivity contribution in [3.05, 3.63) is 30.3 Å². The zero-order valence-corrected chi connectivity index (χ0v) is 12.1. The van der Waals surface area contributed by atoms with Crippen LogP contribution in [0.25, 0.3) is 0 Å². The van der Waals surface area contributed by atoms with Gasteiger partial charge in [-0.3, -0.25) is 4.99 Å². The van der Waals surface area contributed by atoms with Gasteiger partial charge in [-0.25, -0.2) is 0 Å². The molecule has 0 amide bonds. The third-order valence-electron chi connectivity index (χ3n) is 4.76. The molecule has 1 aliphatic heterocycles. The summed E-state index contributed by atoms with van der Waals surface area (Å²) in [6.45, 7) is 7.89. The van der Waals surface area contributed by atoms with Crippen molar-refractivity contribution in [2.75, 3.05) is 11.4 Å². The smallest absolute Gasteiger partial charge is 0.196 e. The van der Waals surface area contributed by atoms with Gasteiger partial charge in [0.2, 0.25) is 0 Å². The highest BCUT2D eigenvalue weighted by Crippen LogP contribution is 2.52. The Morgan fingerprint density at radius 3 is 2.53 bits per heavy atom. The lowest BCUT2D eigenvalue weighted by molar-refractivity contribution is 0.341. The van der Waals surface area contributed by atoms with Crippen LogP contribution in [0.4, 0.5) is 5.69 Å². The average Bonchev–Trinajstić information content (AvgIpc) is 2.78. The maximum absolute atomic E-state index is 6.19. The highest BCUT2D eigenvalue weighted by molar-refractivity contribution is 5.98. The molecule has 3 rings (SSSR count). The van der Waals surface area contributed by atoms with Crippen molar-refractivity contribution >= 4 is 11.6 Å². The fraction of sp³-hybridized carbons (Fsp3) is 0.562. The lowest BCUT2D eigenvalue weighted by atomic mass is 9.85. The SMILES string of the molecule is CC1CC(C)(C)CC12CN=C(N)N2c1ccccc1. The topological polar surface area (TPSA) is 41.6 Å². The molecule has 0 radical (unpaired) electrons. The summed E-state index contributed by atoms with van der Waals surface area (Å²) in [5.41, 5.74) is 7.81. The number of hydrogen-bond acceptors (Lipinski definition) is 3. The van der Waals surface area contributed by atoms with E-state index in [0.717, 1.165) is 13.0 Å². The Bertz CT molecular complexity index is 506. The summed E-state index contributed by atoms with van der Waals surface area (Å²) in [6, 6.07) is 10.4. The number of anilines is 1. The molecule has 1 saturated carbocycles. The van der Waals surface area contributed by atoms with Crippen LogP contribution >= 0.6 is 0 Å². The van der Waals surface area contributed by atoms with Gasteiger partial charge < -0.3 is 10.6 Å². The van der Waals surface area contributed by atoms with E-state index in [1.165, 1.54) is 12.1 Å². The number of benzene rings is 1. The number of para-hydroxylation sites is 1. The Morgan fingerprint density at radius 1 is 1.26 bits per heavy atom. The summed E-state index contributed by atoms with van der Waals surface area (Å²) in [7, 11) is 0. The normalized spacial score (nSPS) is 32.9. The molecule has 2 aliphatic rings. The van der Waals surface area contributed by atoms with Crippen LogP contribution in [0.1, 0.15) is 33.6 Å². The second-order valence-electron chi connectivity index (χ2n) is 6.90. The molecule has 1 aliphatic carbocycles. The first kappa shape index (κ1) is 12.5. The van der Waals surface area contributed by atoms with E-state index >= 15 is 0 Å². The standard InChI is InChI=1S/C16H23N3/c1-12-9-15(2,3)10-16(12)11-18-14(17)19(16)13-7-5-4-6-8-13/h4-8,12H,9-11H2,1-3H3,(H2,17,18). The summed E-state index contributed by atoms with van der Waals surface area (Å²) in [6.07, 6.45) is 2.39. The van der Waals surface area contributed by atoms with E-state index in [1.807, 2.05) is 6.07 Å². The zero-order valence-electron chi connectivity index (χ0n) is 12.1. The Morgan fingerprint density at radius 2 is 1.95 bits per heavy atom. The van der Waals surface area contributed by atoms with Crippen molar-refractivity contribution in [3.63, 3.8) is 0 Å². The summed E-state index contributed by atoms with van der Waals surface area (Å²) in [4.78, 5) is 6.85. The predicted octanol–water partition coefficient (Wildman–Crippen LogP) is 3.02. The van der Waals surface area contributed by atoms with Gasteiger partial charge in [-0.15, -0.1) is 0 Å². The Balaban J connectivity index is 2.04. The summed E-state index contributed by atoms with van der Waals surface area (Å²) in [5, 5.41) is 0. The molecule has 1 aromatic rings. The number of aliphatic imine (C=N–C) groups is 1. The number of nitrogens with two attached hydrogens (primary N) is 1. The molecule has 3 heteroatoms. The van der Waals surface area contributed by atoms with Gasteiger partial charge in [-0.05, 0) is 36.3 Å². The van der Waals surface area contributed by atoms with E-state index in [1.54, 1.807) is 0 Å². The van der Waals surface area contributed by atoms with Crippen LogP contribution in [0.2, 0.25) is 0 Å². The van der Waals surface area contributed by atoms with Crippen molar-refractivity contribution < 1.29 is 0 Å². The number of guanidine groups is 1. The first-order chi connectivity index (χ1) is 8.95. The van der Waals surface area contributed by atoms with Crippen LogP contribution in [0.5, 0.6) is 0 Å². The van der Waals surface area contributed by atoms with Crippen LogP contribution in [0.15, 0.2) is 35.3 Å². The second-order valence-corrected chi connectivity index (χ2v) is 6.90. The first-order valence-electron chi connectivity index (χ1n) is 7.10. The molecule has 1 aromatic carbocycles. The van der Waals surface area contributed by atoms with E-state index in [4.69, 9.17) is 5.73 Å². The third-order valence-corrected chi connectivity index (χ3v) is 4.76. The van der Waals surface area contributed by atoms with E-state index in [2.05, 4.69) is 54.9 Å². The molecule has 0 aromatic heterocycles. The third kappa shape index (κ3) is 1.83. The second kappa shape index (κ2) is 3.99. The lowest BCUT2D eigenvalue weighted by Gasteiger charge is -2.40. The van der Waals surface area contributed by atoms with Crippen molar-refractivity contribution in [1.29, 1.82) is 0 Å². The average molecular weight is 257 g/mol. The van der Waals surface area contributed by atoms with Crippen LogP contribution in [-0.4, -0.2) is 18.0 Å². The van der Waals surface area contributed by atoms with Crippen LogP contribution < -0.4 is 10.6 Å². The number of hydrogen-bond donors (Lipinski definition) is 1. The van der Waals surface area contributed by atoms with Gasteiger partial charge in [0.05, 0.1) is 12.1 Å². The maximum Gasteiger partial charge on any atom is 0.196 e. The largest absolute Gasteiger partial charge is 0.369 e. The van der Waals surface area contributed by atoms with Crippen molar-refractivity contribution in [2.24, 2.45) is 22.1 Å². The Kier molecular flexibility index (Phi) is 2.63. The van der Waals surface area contributed by atoms with Gasteiger partial charge in [-0.1, -0.05) is 39.0 Å². The van der Waals surface area contributed by atoms with Gasteiger partial charge in [0, 0.05) is 5.69 Å².